The minimum atomic E-state index is -1.30. The first-order valence-electron chi connectivity index (χ1n) is 12.1. The average Bonchev–Trinajstić information content (AvgIpc) is 2.91. The van der Waals surface area contributed by atoms with Crippen molar-refractivity contribution >= 4 is 29.3 Å². The molecule has 0 saturated carbocycles. The van der Waals surface area contributed by atoms with Crippen molar-refractivity contribution in [1.82, 2.24) is 10.3 Å². The molecular weight excluding hydrogens is 502 g/mol. The van der Waals surface area contributed by atoms with Crippen molar-refractivity contribution in [3.63, 3.8) is 0 Å². The average molecular weight is 534 g/mol. The normalized spacial score (nSPS) is 11.5. The van der Waals surface area contributed by atoms with Gasteiger partial charge in [-0.2, -0.15) is 0 Å². The largest absolute Gasteiger partial charge is 0.481 e. The van der Waals surface area contributed by atoms with Crippen LogP contribution in [0.25, 0.3) is 11.1 Å². The first-order valence-corrected chi connectivity index (χ1v) is 12.1. The predicted molar refractivity (Wildman–Crippen MR) is 146 cm³/mol. The van der Waals surface area contributed by atoms with Gasteiger partial charge in [0, 0.05) is 28.4 Å². The molecule has 1 heterocycles. The maximum atomic E-state index is 13.3. The zero-order chi connectivity index (χ0) is 28.7. The molecule has 7 N–H and O–H groups in total. The maximum Gasteiger partial charge on any atom is 0.336 e. The summed E-state index contributed by atoms with van der Waals surface area (Å²) in [5.74, 6) is -2.19. The van der Waals surface area contributed by atoms with Gasteiger partial charge in [0.1, 0.15) is 11.5 Å². The van der Waals surface area contributed by atoms with Crippen LogP contribution in [0, 0.1) is 11.3 Å². The van der Waals surface area contributed by atoms with Gasteiger partial charge in [0.15, 0.2) is 0 Å². The standard InChI is InChI=1S/C28H31N5O6/c1-15(2)12-19(14-34)32-26(35)17-6-9-20(22(13-17)28(37)38)21-10-11-23(39-3)33-24(21)27(36)31-18-7-4-16(5-8-18)25(29)30/h4-11,13,15,19,34H,12,14H2,1-3H3,(H3,29,30)(H,31,36)(H,32,35)(H,37,38)/t19-/m0/s1. The Hall–Kier alpha value is -4.77. The van der Waals surface area contributed by atoms with Gasteiger partial charge < -0.3 is 31.3 Å². The van der Waals surface area contributed by atoms with Crippen molar-refractivity contribution in [1.29, 1.82) is 5.41 Å². The molecule has 0 aliphatic heterocycles. The monoisotopic (exact) mass is 533 g/mol. The van der Waals surface area contributed by atoms with E-state index in [4.69, 9.17) is 15.9 Å². The van der Waals surface area contributed by atoms with Gasteiger partial charge in [-0.05, 0) is 60.4 Å². The number of carbonyl (C=O) groups excluding carboxylic acids is 2. The first-order chi connectivity index (χ1) is 18.5. The van der Waals surface area contributed by atoms with E-state index in [2.05, 4.69) is 15.6 Å². The summed E-state index contributed by atoms with van der Waals surface area (Å²) in [6.07, 6.45) is 0.555. The number of nitrogens with one attached hydrogen (secondary N) is 3. The van der Waals surface area contributed by atoms with Gasteiger partial charge in [0.25, 0.3) is 11.8 Å². The fraction of sp³-hybridized carbons (Fsp3) is 0.250. The molecule has 1 atom stereocenters. The van der Waals surface area contributed by atoms with Crippen molar-refractivity contribution in [2.75, 3.05) is 19.0 Å². The molecule has 0 spiro atoms. The molecule has 0 bridgehead atoms. The lowest BCUT2D eigenvalue weighted by molar-refractivity contribution is 0.0697. The highest BCUT2D eigenvalue weighted by molar-refractivity contribution is 6.10. The SMILES string of the molecule is COc1ccc(-c2ccc(C(=O)N[C@H](CO)CC(C)C)cc2C(=O)O)c(C(=O)Nc2ccc(C(=N)N)cc2)n1. The number of hydrogen-bond donors (Lipinski definition) is 6. The number of benzene rings is 2. The van der Waals surface area contributed by atoms with Gasteiger partial charge in [-0.25, -0.2) is 9.78 Å². The minimum absolute atomic E-state index is 0.0939. The quantitative estimate of drug-likeness (QED) is 0.160. The van der Waals surface area contributed by atoms with Gasteiger partial charge in [-0.3, -0.25) is 15.0 Å². The Morgan fingerprint density at radius 3 is 2.21 bits per heavy atom. The summed E-state index contributed by atoms with van der Waals surface area (Å²) in [5.41, 5.74) is 6.55. The molecule has 3 aromatic rings. The lowest BCUT2D eigenvalue weighted by Gasteiger charge is -2.19. The molecule has 3 rings (SSSR count). The summed E-state index contributed by atoms with van der Waals surface area (Å²) in [4.78, 5) is 42.6. The summed E-state index contributed by atoms with van der Waals surface area (Å²) in [6, 6.07) is 13.0. The van der Waals surface area contributed by atoms with Gasteiger partial charge in [-0.15, -0.1) is 0 Å². The summed E-state index contributed by atoms with van der Waals surface area (Å²) in [5, 5.41) is 32.5. The van der Waals surface area contributed by atoms with Crippen molar-refractivity contribution in [3.8, 4) is 17.0 Å². The number of nitrogen functional groups attached to an aromatic ring is 1. The number of carboxylic acid groups (broad SMARTS) is 1. The first kappa shape index (κ1) is 28.8. The Labute approximate surface area is 225 Å². The van der Waals surface area contributed by atoms with Gasteiger partial charge in [0.05, 0.1) is 25.3 Å². The van der Waals surface area contributed by atoms with Crippen LogP contribution in [-0.4, -0.2) is 58.6 Å². The molecule has 204 valence electrons. The molecule has 0 saturated heterocycles. The summed E-state index contributed by atoms with van der Waals surface area (Å²) < 4.78 is 5.17. The number of pyridine rings is 1. The molecule has 11 nitrogen and oxygen atoms in total. The van der Waals surface area contributed by atoms with Gasteiger partial charge in [0.2, 0.25) is 5.88 Å². The van der Waals surface area contributed by atoms with E-state index in [0.29, 0.717) is 17.7 Å². The number of ether oxygens (including phenoxy) is 1. The molecular formula is C28H31N5O6. The van der Waals surface area contributed by atoms with Crippen LogP contribution in [0.5, 0.6) is 5.88 Å². The predicted octanol–water partition coefficient (Wildman–Crippen LogP) is 3.13. The van der Waals surface area contributed by atoms with Crippen molar-refractivity contribution in [2.45, 2.75) is 26.3 Å². The van der Waals surface area contributed by atoms with E-state index in [-0.39, 0.29) is 52.2 Å². The number of carboxylic acids is 1. The van der Waals surface area contributed by atoms with Crippen LogP contribution < -0.4 is 21.1 Å². The second kappa shape index (κ2) is 12.7. The number of carbonyl (C=O) groups is 3. The van der Waals surface area contributed by atoms with Crippen LogP contribution >= 0.6 is 0 Å². The number of amides is 2. The van der Waals surface area contributed by atoms with Crippen molar-refractivity contribution in [2.24, 2.45) is 11.7 Å². The zero-order valence-corrected chi connectivity index (χ0v) is 21.8. The number of nitrogens with zero attached hydrogens (tertiary/aromatic N) is 1. The molecule has 0 radical (unpaired) electrons. The molecule has 11 heteroatoms. The van der Waals surface area contributed by atoms with Crippen molar-refractivity contribution in [3.05, 3.63) is 77.0 Å². The Bertz CT molecular complexity index is 1390. The fourth-order valence-electron chi connectivity index (χ4n) is 3.98. The number of aromatic carboxylic acids is 1. The molecule has 0 aliphatic carbocycles. The number of rotatable bonds is 11. The minimum Gasteiger partial charge on any atom is -0.481 e. The molecule has 39 heavy (non-hydrogen) atoms. The van der Waals surface area contributed by atoms with E-state index in [1.165, 1.54) is 37.4 Å². The Morgan fingerprint density at radius 2 is 1.64 bits per heavy atom. The molecule has 0 fully saturated rings. The number of aromatic nitrogens is 1. The van der Waals surface area contributed by atoms with Crippen molar-refractivity contribution < 1.29 is 29.3 Å². The van der Waals surface area contributed by atoms with E-state index in [9.17, 15) is 24.6 Å². The molecule has 1 aromatic heterocycles. The molecule has 0 aliphatic rings. The fourth-order valence-corrected chi connectivity index (χ4v) is 3.98. The maximum absolute atomic E-state index is 13.3. The second-order valence-corrected chi connectivity index (χ2v) is 9.24. The third-order valence-electron chi connectivity index (χ3n) is 5.86. The van der Waals surface area contributed by atoms with Crippen LogP contribution in [0.1, 0.15) is 57.0 Å². The third-order valence-corrected chi connectivity index (χ3v) is 5.86. The Morgan fingerprint density at radius 1 is 1.00 bits per heavy atom. The number of hydrogen-bond acceptors (Lipinski definition) is 7. The zero-order valence-electron chi connectivity index (χ0n) is 21.8. The van der Waals surface area contributed by atoms with E-state index in [1.54, 1.807) is 24.3 Å². The number of nitrogens with two attached hydrogens (primary N) is 1. The number of methoxy groups -OCH3 is 1. The summed E-state index contributed by atoms with van der Waals surface area (Å²) in [7, 11) is 1.39. The number of anilines is 1. The topological polar surface area (TPSA) is 188 Å². The summed E-state index contributed by atoms with van der Waals surface area (Å²) >= 11 is 0. The molecule has 0 unspecified atom stereocenters. The van der Waals surface area contributed by atoms with E-state index in [0.717, 1.165) is 0 Å². The van der Waals surface area contributed by atoms with Gasteiger partial charge >= 0.3 is 5.97 Å². The third kappa shape index (κ3) is 7.17. The smallest absolute Gasteiger partial charge is 0.336 e. The number of aliphatic hydroxyl groups is 1. The highest BCUT2D eigenvalue weighted by Gasteiger charge is 2.23. The van der Waals surface area contributed by atoms with Crippen LogP contribution in [0.4, 0.5) is 5.69 Å². The molecule has 2 aromatic carbocycles. The second-order valence-electron chi connectivity index (χ2n) is 9.24. The highest BCUT2D eigenvalue weighted by Crippen LogP contribution is 2.30. The Balaban J connectivity index is 1.99. The van der Waals surface area contributed by atoms with Crippen LogP contribution in [-0.2, 0) is 0 Å². The van der Waals surface area contributed by atoms with Gasteiger partial charge in [-0.1, -0.05) is 19.9 Å². The molecule has 2 amide bonds. The number of aliphatic hydroxyl groups excluding tert-OH is 1. The van der Waals surface area contributed by atoms with E-state index >= 15 is 0 Å². The van der Waals surface area contributed by atoms with Crippen LogP contribution in [0.3, 0.4) is 0 Å². The van der Waals surface area contributed by atoms with Crippen LogP contribution in [0.15, 0.2) is 54.6 Å². The van der Waals surface area contributed by atoms with E-state index in [1.807, 2.05) is 13.8 Å². The lowest BCUT2D eigenvalue weighted by Crippen LogP contribution is -2.38. The lowest BCUT2D eigenvalue weighted by atomic mass is 9.95. The van der Waals surface area contributed by atoms with E-state index < -0.39 is 23.8 Å². The Kier molecular flexibility index (Phi) is 9.34. The highest BCUT2D eigenvalue weighted by atomic mass is 16.5. The van der Waals surface area contributed by atoms with Crippen LogP contribution in [0.2, 0.25) is 0 Å². The number of amidine groups is 1. The summed E-state index contributed by atoms with van der Waals surface area (Å²) in [6.45, 7) is 3.68.